The number of hydrogen-bond donors (Lipinski definition) is 1. The van der Waals surface area contributed by atoms with Gasteiger partial charge in [-0.1, -0.05) is 51.0 Å². The van der Waals surface area contributed by atoms with Crippen molar-refractivity contribution in [3.63, 3.8) is 0 Å². The maximum absolute atomic E-state index is 15.7. The van der Waals surface area contributed by atoms with Crippen LogP contribution in [0, 0.1) is 74.2 Å². The summed E-state index contributed by atoms with van der Waals surface area (Å²) in [5.74, 6) is -9.05. The van der Waals surface area contributed by atoms with E-state index in [0.29, 0.717) is 35.3 Å². The van der Waals surface area contributed by atoms with Gasteiger partial charge in [0.15, 0.2) is 0 Å². The van der Waals surface area contributed by atoms with Crippen molar-refractivity contribution >= 4 is 28.0 Å². The lowest BCUT2D eigenvalue weighted by atomic mass is 9.12. The predicted octanol–water partition coefficient (Wildman–Crippen LogP) is 9.19. The van der Waals surface area contributed by atoms with E-state index in [1.54, 1.807) is 0 Å². The zero-order chi connectivity index (χ0) is 39.6. The Hall–Kier alpha value is -3.66. The summed E-state index contributed by atoms with van der Waals surface area (Å²) in [5.41, 5.74) is -1.49. The molecule has 0 aromatic heterocycles. The molecule has 2 fully saturated rings. The summed E-state index contributed by atoms with van der Waals surface area (Å²) in [6.45, 7) is 9.92. The van der Waals surface area contributed by atoms with E-state index in [9.17, 15) is 17.6 Å². The Balaban J connectivity index is 0.000000274. The summed E-state index contributed by atoms with van der Waals surface area (Å²) in [6.07, 6.45) is 13.9. The zero-order valence-corrected chi connectivity index (χ0v) is 32.3. The first-order chi connectivity index (χ1) is 25.5. The molecule has 0 spiro atoms. The molecule has 10 heteroatoms. The van der Waals surface area contributed by atoms with Gasteiger partial charge in [0, 0.05) is 49.9 Å². The molecule has 6 rings (SSSR count). The van der Waals surface area contributed by atoms with Crippen molar-refractivity contribution in [2.24, 2.45) is 0 Å². The lowest BCUT2D eigenvalue weighted by Gasteiger charge is -2.45. The maximum Gasteiger partial charge on any atom is 0.128 e. The van der Waals surface area contributed by atoms with Crippen molar-refractivity contribution in [1.29, 1.82) is 0 Å². The van der Waals surface area contributed by atoms with E-state index in [2.05, 4.69) is 19.2 Å². The van der Waals surface area contributed by atoms with E-state index < -0.39 is 74.5 Å². The van der Waals surface area contributed by atoms with Crippen LogP contribution in [-0.4, -0.2) is 17.2 Å². The Morgan fingerprint density at radius 3 is 0.870 bits per heavy atom. The van der Waals surface area contributed by atoms with Gasteiger partial charge >= 0.3 is 0 Å². The van der Waals surface area contributed by atoms with Gasteiger partial charge in [-0.25, -0.2) is 35.1 Å². The second-order valence-corrected chi connectivity index (χ2v) is 16.1. The lowest BCUT2D eigenvalue weighted by Crippen LogP contribution is -3.06. The minimum atomic E-state index is -3.62. The number of aryl methyl sites for hydroxylation is 4. The molecule has 0 saturated heterocycles. The van der Waals surface area contributed by atoms with Gasteiger partial charge in [-0.15, -0.1) is 0 Å². The predicted molar refractivity (Wildman–Crippen MR) is 203 cm³/mol. The standard InChI is InChI=1S/C28H20BF8.C16H31N/c1-13-5-17(25(34)9-21(13)30)29(18-6-14(2)22(31)10-26(18)35,19-7-15(3)23(32)11-27(19)36)20-8-16(4)24(33)12-28(20)37;1-3-15(11-7-5-8-12-15)17-16(4-2)13-9-6-10-14-16/h5-12H,1-4H3;17H,3-14H2,1-2H3/q-1;/p+1. The molecule has 0 unspecified atom stereocenters. The smallest absolute Gasteiger partial charge is 0.128 e. The van der Waals surface area contributed by atoms with Gasteiger partial charge in [-0.05, 0) is 88.5 Å². The molecule has 4 aromatic carbocycles. The summed E-state index contributed by atoms with van der Waals surface area (Å²) in [4.78, 5) is 0. The normalized spacial score (nSPS) is 16.9. The molecular formula is C44H52BF8N. The topological polar surface area (TPSA) is 16.6 Å². The van der Waals surface area contributed by atoms with Gasteiger partial charge in [0.05, 0.1) is 34.3 Å². The fraction of sp³-hybridized carbons (Fsp3) is 0.455. The highest BCUT2D eigenvalue weighted by Gasteiger charge is 2.44. The van der Waals surface area contributed by atoms with Crippen molar-refractivity contribution in [2.45, 2.75) is 130 Å². The maximum atomic E-state index is 15.7. The largest absolute Gasteiger partial charge is 0.337 e. The van der Waals surface area contributed by atoms with Gasteiger partial charge in [0.2, 0.25) is 0 Å². The van der Waals surface area contributed by atoms with Crippen molar-refractivity contribution in [3.8, 4) is 0 Å². The fourth-order valence-electron chi connectivity index (χ4n) is 9.41. The lowest BCUT2D eigenvalue weighted by molar-refractivity contribution is -0.796. The summed E-state index contributed by atoms with van der Waals surface area (Å²) in [7, 11) is 0. The van der Waals surface area contributed by atoms with Crippen molar-refractivity contribution in [1.82, 2.24) is 0 Å². The van der Waals surface area contributed by atoms with E-state index in [-0.39, 0.29) is 22.3 Å². The van der Waals surface area contributed by atoms with Crippen LogP contribution in [0.25, 0.3) is 0 Å². The molecule has 2 saturated carbocycles. The molecule has 54 heavy (non-hydrogen) atoms. The third-order valence-electron chi connectivity index (χ3n) is 12.7. The van der Waals surface area contributed by atoms with Crippen LogP contribution in [0.4, 0.5) is 35.1 Å². The Bertz CT molecular complexity index is 1720. The van der Waals surface area contributed by atoms with E-state index in [1.165, 1.54) is 105 Å². The van der Waals surface area contributed by atoms with Crippen LogP contribution in [0.1, 0.15) is 113 Å². The quantitative estimate of drug-likeness (QED) is 0.137. The molecule has 0 aliphatic heterocycles. The number of benzene rings is 4. The minimum absolute atomic E-state index is 0.139. The third-order valence-corrected chi connectivity index (χ3v) is 12.7. The molecule has 2 aliphatic carbocycles. The summed E-state index contributed by atoms with van der Waals surface area (Å²) < 4.78 is 120. The molecule has 1 nitrogen and oxygen atoms in total. The third kappa shape index (κ3) is 8.01. The van der Waals surface area contributed by atoms with Gasteiger partial charge in [0.1, 0.15) is 29.4 Å². The zero-order valence-electron chi connectivity index (χ0n) is 32.3. The second-order valence-electron chi connectivity index (χ2n) is 16.1. The van der Waals surface area contributed by atoms with E-state index >= 15 is 17.6 Å². The Morgan fingerprint density at radius 1 is 0.407 bits per heavy atom. The van der Waals surface area contributed by atoms with Crippen LogP contribution in [0.5, 0.6) is 0 Å². The average molecular weight is 758 g/mol. The van der Waals surface area contributed by atoms with Gasteiger partial charge in [-0.2, -0.15) is 21.9 Å². The van der Waals surface area contributed by atoms with Gasteiger partial charge in [-0.3, -0.25) is 0 Å². The number of rotatable bonds is 8. The van der Waals surface area contributed by atoms with E-state index in [4.69, 9.17) is 0 Å². The minimum Gasteiger partial charge on any atom is -0.337 e. The van der Waals surface area contributed by atoms with Gasteiger partial charge < -0.3 is 5.32 Å². The first-order valence-electron chi connectivity index (χ1n) is 19.4. The highest BCUT2D eigenvalue weighted by Crippen LogP contribution is 2.33. The first kappa shape index (κ1) is 41.5. The summed E-state index contributed by atoms with van der Waals surface area (Å²) in [5, 5.41) is 2.87. The van der Waals surface area contributed by atoms with Crippen LogP contribution in [0.3, 0.4) is 0 Å². The molecule has 0 heterocycles. The highest BCUT2D eigenvalue weighted by molar-refractivity contribution is 7.20. The molecule has 4 aromatic rings. The van der Waals surface area contributed by atoms with Crippen molar-refractivity contribution in [3.05, 3.63) is 117 Å². The SMILES string of the molecule is CCC1([NH2+]C2(CC)CCCCC2)CCCCC1.Cc1cc([B-](c2cc(C)c(F)cc2F)(c2cc(C)c(F)cc2F)c2cc(C)c(F)cc2F)c(F)cc1F. The number of nitrogens with two attached hydrogens (primary N) is 1. The molecular weight excluding hydrogens is 705 g/mol. The molecule has 2 aliphatic rings. The Labute approximate surface area is 314 Å². The first-order valence-corrected chi connectivity index (χ1v) is 19.4. The second kappa shape index (κ2) is 16.6. The molecule has 2 N–H and O–H groups in total. The van der Waals surface area contributed by atoms with Gasteiger partial charge in [0.25, 0.3) is 0 Å². The molecule has 0 radical (unpaired) electrons. The van der Waals surface area contributed by atoms with Crippen LogP contribution in [0.2, 0.25) is 0 Å². The summed E-state index contributed by atoms with van der Waals surface area (Å²) in [6, 6.07) is 5.82. The molecule has 292 valence electrons. The molecule has 0 atom stereocenters. The van der Waals surface area contributed by atoms with Crippen LogP contribution in [0.15, 0.2) is 48.5 Å². The Kier molecular flexibility index (Phi) is 12.8. The molecule has 0 bridgehead atoms. The molecule has 0 amide bonds. The number of quaternary nitrogens is 1. The van der Waals surface area contributed by atoms with Crippen molar-refractivity contribution in [2.75, 3.05) is 0 Å². The fourth-order valence-corrected chi connectivity index (χ4v) is 9.41. The van der Waals surface area contributed by atoms with Crippen LogP contribution < -0.4 is 27.2 Å². The average Bonchev–Trinajstić information content (AvgIpc) is 3.14. The number of halogens is 8. The highest BCUT2D eigenvalue weighted by atomic mass is 19.2. The van der Waals surface area contributed by atoms with Crippen LogP contribution >= 0.6 is 0 Å². The van der Waals surface area contributed by atoms with E-state index in [0.717, 1.165) is 24.3 Å². The number of hydrogen-bond acceptors (Lipinski definition) is 0. The summed E-state index contributed by atoms with van der Waals surface area (Å²) >= 11 is 0. The van der Waals surface area contributed by atoms with Crippen molar-refractivity contribution < 1.29 is 40.4 Å². The van der Waals surface area contributed by atoms with E-state index in [1.807, 2.05) is 0 Å². The van der Waals surface area contributed by atoms with Crippen LogP contribution in [-0.2, 0) is 0 Å². The monoisotopic (exact) mass is 757 g/mol. The Morgan fingerprint density at radius 2 is 0.648 bits per heavy atom.